The maximum absolute atomic E-state index is 12.5. The minimum Gasteiger partial charge on any atom is -0.454 e. The molecule has 1 heterocycles. The van der Waals surface area contributed by atoms with Gasteiger partial charge in [-0.2, -0.15) is 0 Å². The normalized spacial score (nSPS) is 23.6. The number of rotatable bonds is 4. The summed E-state index contributed by atoms with van der Waals surface area (Å²) >= 11 is 0. The lowest BCUT2D eigenvalue weighted by Gasteiger charge is -2.30. The smallest absolute Gasteiger partial charge is 0.255 e. The quantitative estimate of drug-likeness (QED) is 0.927. The number of ether oxygens (including phenoxy) is 2. The second kappa shape index (κ2) is 6.57. The lowest BCUT2D eigenvalue weighted by atomic mass is 9.85. The summed E-state index contributed by atoms with van der Waals surface area (Å²) in [7, 11) is 4.23. The Kier molecular flexibility index (Phi) is 4.52. The Balaban J connectivity index is 1.56. The fourth-order valence-electron chi connectivity index (χ4n) is 3.38. The molecule has 0 atom stereocenters. The van der Waals surface area contributed by atoms with Gasteiger partial charge in [0.1, 0.15) is 0 Å². The van der Waals surface area contributed by atoms with Crippen LogP contribution in [-0.4, -0.2) is 44.3 Å². The third-order valence-corrected chi connectivity index (χ3v) is 4.45. The van der Waals surface area contributed by atoms with Crippen LogP contribution in [0.25, 0.3) is 0 Å². The molecule has 5 heteroatoms. The van der Waals surface area contributed by atoms with Crippen LogP contribution in [-0.2, 0) is 0 Å². The van der Waals surface area contributed by atoms with Crippen LogP contribution in [0.2, 0.25) is 0 Å². The minimum atomic E-state index is -0.0570. The van der Waals surface area contributed by atoms with E-state index in [9.17, 15) is 4.79 Å². The predicted octanol–water partition coefficient (Wildman–Crippen LogP) is 2.27. The highest BCUT2D eigenvalue weighted by molar-refractivity contribution is 5.98. The van der Waals surface area contributed by atoms with Gasteiger partial charge in [0.2, 0.25) is 6.79 Å². The number of nitrogens with zero attached hydrogens (tertiary/aromatic N) is 1. The van der Waals surface area contributed by atoms with Gasteiger partial charge in [0.05, 0.1) is 5.56 Å². The third-order valence-electron chi connectivity index (χ3n) is 4.45. The zero-order valence-corrected chi connectivity index (χ0v) is 13.3. The van der Waals surface area contributed by atoms with E-state index < -0.39 is 0 Å². The monoisotopic (exact) mass is 304 g/mol. The lowest BCUT2D eigenvalue weighted by Crippen LogP contribution is -2.39. The van der Waals surface area contributed by atoms with Crippen LogP contribution in [0.15, 0.2) is 18.2 Å². The van der Waals surface area contributed by atoms with Crippen LogP contribution in [0.4, 0.5) is 0 Å². The molecule has 0 spiro atoms. The van der Waals surface area contributed by atoms with Gasteiger partial charge >= 0.3 is 0 Å². The number of amides is 1. The first-order valence-electron chi connectivity index (χ1n) is 7.97. The van der Waals surface area contributed by atoms with Crippen molar-refractivity contribution in [2.45, 2.75) is 31.7 Å². The lowest BCUT2D eigenvalue weighted by molar-refractivity contribution is 0.0914. The molecular formula is C17H24N2O3. The van der Waals surface area contributed by atoms with Gasteiger partial charge in [0.25, 0.3) is 5.91 Å². The molecule has 0 unspecified atom stereocenters. The molecule has 120 valence electrons. The summed E-state index contributed by atoms with van der Waals surface area (Å²) < 4.78 is 10.7. The second-order valence-electron chi connectivity index (χ2n) is 6.49. The molecule has 1 aromatic rings. The van der Waals surface area contributed by atoms with Crippen molar-refractivity contribution in [2.75, 3.05) is 27.4 Å². The van der Waals surface area contributed by atoms with E-state index >= 15 is 0 Å². The average Bonchev–Trinajstić information content (AvgIpc) is 2.97. The highest BCUT2D eigenvalue weighted by atomic mass is 16.7. The van der Waals surface area contributed by atoms with Crippen LogP contribution in [0.1, 0.15) is 36.0 Å². The molecule has 1 aliphatic heterocycles. The number of para-hydroxylation sites is 1. The van der Waals surface area contributed by atoms with E-state index in [2.05, 4.69) is 24.3 Å². The van der Waals surface area contributed by atoms with Crippen LogP contribution in [0.5, 0.6) is 11.5 Å². The van der Waals surface area contributed by atoms with Crippen molar-refractivity contribution in [3.63, 3.8) is 0 Å². The van der Waals surface area contributed by atoms with E-state index in [-0.39, 0.29) is 18.7 Å². The van der Waals surface area contributed by atoms with Crippen LogP contribution in [0.3, 0.4) is 0 Å². The van der Waals surface area contributed by atoms with Gasteiger partial charge in [-0.1, -0.05) is 6.07 Å². The number of hydrogen-bond donors (Lipinski definition) is 1. The van der Waals surface area contributed by atoms with Crippen molar-refractivity contribution in [3.05, 3.63) is 23.8 Å². The molecule has 3 rings (SSSR count). The molecule has 22 heavy (non-hydrogen) atoms. The summed E-state index contributed by atoms with van der Waals surface area (Å²) in [5.74, 6) is 1.92. The second-order valence-corrected chi connectivity index (χ2v) is 6.49. The van der Waals surface area contributed by atoms with Gasteiger partial charge in [0, 0.05) is 12.6 Å². The Morgan fingerprint density at radius 3 is 2.73 bits per heavy atom. The largest absolute Gasteiger partial charge is 0.454 e. The number of benzene rings is 1. The van der Waals surface area contributed by atoms with Crippen LogP contribution in [0, 0.1) is 5.92 Å². The van der Waals surface area contributed by atoms with Crippen molar-refractivity contribution in [2.24, 2.45) is 5.92 Å². The molecule has 5 nitrogen and oxygen atoms in total. The summed E-state index contributed by atoms with van der Waals surface area (Å²) in [6.45, 7) is 1.33. The molecule has 1 N–H and O–H groups in total. The summed E-state index contributed by atoms with van der Waals surface area (Å²) in [4.78, 5) is 14.7. The number of fused-ring (bicyclic) bond motifs is 1. The summed E-state index contributed by atoms with van der Waals surface area (Å²) in [5.41, 5.74) is 0.574. The summed E-state index contributed by atoms with van der Waals surface area (Å²) in [6.07, 6.45) is 4.46. The van der Waals surface area contributed by atoms with Crippen LogP contribution < -0.4 is 14.8 Å². The van der Waals surface area contributed by atoms with Crippen molar-refractivity contribution in [1.29, 1.82) is 0 Å². The van der Waals surface area contributed by atoms with Crippen molar-refractivity contribution in [1.82, 2.24) is 10.2 Å². The third kappa shape index (κ3) is 3.35. The van der Waals surface area contributed by atoms with Gasteiger partial charge in [0.15, 0.2) is 11.5 Å². The summed E-state index contributed by atoms with van der Waals surface area (Å²) in [6, 6.07) is 5.71. The van der Waals surface area contributed by atoms with E-state index in [4.69, 9.17) is 9.47 Å². The Morgan fingerprint density at radius 2 is 2.00 bits per heavy atom. The zero-order valence-electron chi connectivity index (χ0n) is 13.3. The molecule has 0 aromatic heterocycles. The predicted molar refractivity (Wildman–Crippen MR) is 84.3 cm³/mol. The van der Waals surface area contributed by atoms with E-state index in [1.807, 2.05) is 12.1 Å². The van der Waals surface area contributed by atoms with E-state index in [0.717, 1.165) is 25.3 Å². The molecule has 2 aliphatic rings. The fraction of sp³-hybridized carbons (Fsp3) is 0.588. The highest BCUT2D eigenvalue weighted by Crippen LogP contribution is 2.35. The highest BCUT2D eigenvalue weighted by Gasteiger charge is 2.26. The molecule has 0 saturated heterocycles. The maximum atomic E-state index is 12.5. The number of hydrogen-bond acceptors (Lipinski definition) is 4. The maximum Gasteiger partial charge on any atom is 0.255 e. The van der Waals surface area contributed by atoms with Gasteiger partial charge < -0.3 is 19.7 Å². The Morgan fingerprint density at radius 1 is 1.23 bits per heavy atom. The number of nitrogens with one attached hydrogen (secondary N) is 1. The van der Waals surface area contributed by atoms with E-state index in [0.29, 0.717) is 17.1 Å². The van der Waals surface area contributed by atoms with Gasteiger partial charge in [-0.25, -0.2) is 0 Å². The zero-order chi connectivity index (χ0) is 15.5. The molecule has 0 bridgehead atoms. The Hall–Kier alpha value is -1.75. The topological polar surface area (TPSA) is 50.8 Å². The van der Waals surface area contributed by atoms with E-state index in [1.165, 1.54) is 12.8 Å². The minimum absolute atomic E-state index is 0.0570. The molecular weight excluding hydrogens is 280 g/mol. The molecule has 1 aliphatic carbocycles. The molecule has 1 aromatic carbocycles. The molecule has 0 radical (unpaired) electrons. The Labute approximate surface area is 131 Å². The molecule has 1 fully saturated rings. The summed E-state index contributed by atoms with van der Waals surface area (Å²) in [5, 5.41) is 3.15. The van der Waals surface area contributed by atoms with Crippen molar-refractivity contribution >= 4 is 5.91 Å². The number of carbonyl (C=O) groups is 1. The van der Waals surface area contributed by atoms with Gasteiger partial charge in [-0.05, 0) is 57.8 Å². The molecule has 1 saturated carbocycles. The standard InChI is InChI=1S/C17H24N2O3/c1-19(2)10-12-6-8-13(9-7-12)18-17(20)14-4-3-5-15-16(14)22-11-21-15/h3-5,12-13H,6-11H2,1-2H3,(H,18,20). The Bertz CT molecular complexity index is 537. The van der Waals surface area contributed by atoms with Crippen molar-refractivity contribution in [3.8, 4) is 11.5 Å². The van der Waals surface area contributed by atoms with Gasteiger partial charge in [-0.15, -0.1) is 0 Å². The van der Waals surface area contributed by atoms with Gasteiger partial charge in [-0.3, -0.25) is 4.79 Å². The first-order valence-corrected chi connectivity index (χ1v) is 7.97. The number of carbonyl (C=O) groups excluding carboxylic acids is 1. The van der Waals surface area contributed by atoms with Crippen LogP contribution >= 0.6 is 0 Å². The van der Waals surface area contributed by atoms with E-state index in [1.54, 1.807) is 6.07 Å². The van der Waals surface area contributed by atoms with Crippen molar-refractivity contribution < 1.29 is 14.3 Å². The SMILES string of the molecule is CN(C)CC1CCC(NC(=O)c2cccc3c2OCO3)CC1. The average molecular weight is 304 g/mol. The first kappa shape index (κ1) is 15.2. The fourth-order valence-corrected chi connectivity index (χ4v) is 3.38. The molecule has 1 amide bonds. The first-order chi connectivity index (χ1) is 10.6.